The Morgan fingerprint density at radius 1 is 1.18 bits per heavy atom. The Bertz CT molecular complexity index is 1390. The Balaban J connectivity index is 1.64. The normalized spacial score (nSPS) is 21.1. The summed E-state index contributed by atoms with van der Waals surface area (Å²) >= 11 is 6.18. The number of sulfone groups is 1. The van der Waals surface area contributed by atoms with Gasteiger partial charge in [-0.2, -0.15) is 5.26 Å². The van der Waals surface area contributed by atoms with Crippen LogP contribution in [0.3, 0.4) is 0 Å². The Morgan fingerprint density at radius 2 is 1.94 bits per heavy atom. The van der Waals surface area contributed by atoms with E-state index in [4.69, 9.17) is 16.3 Å². The van der Waals surface area contributed by atoms with E-state index in [0.717, 1.165) is 10.5 Å². The molecule has 1 atom stereocenters. The van der Waals surface area contributed by atoms with Crippen molar-refractivity contribution in [3.05, 3.63) is 81.4 Å². The number of benzene rings is 2. The molecule has 2 aromatic carbocycles. The third kappa shape index (κ3) is 4.76. The van der Waals surface area contributed by atoms with Gasteiger partial charge in [0.05, 0.1) is 17.5 Å². The van der Waals surface area contributed by atoms with Crippen molar-refractivity contribution in [2.75, 3.05) is 11.5 Å². The molecule has 1 saturated heterocycles. The Hall–Kier alpha value is -3.41. The van der Waals surface area contributed by atoms with Crippen LogP contribution in [0.4, 0.5) is 0 Å². The van der Waals surface area contributed by atoms with Crippen molar-refractivity contribution in [1.82, 2.24) is 4.90 Å². The Kier molecular flexibility index (Phi) is 6.60. The van der Waals surface area contributed by atoms with Crippen LogP contribution in [0.15, 0.2) is 65.3 Å². The average molecular weight is 497 g/mol. The molecule has 2 heterocycles. The van der Waals surface area contributed by atoms with Crippen molar-refractivity contribution in [2.24, 2.45) is 0 Å². The van der Waals surface area contributed by atoms with Gasteiger partial charge in [0.15, 0.2) is 9.84 Å². The van der Waals surface area contributed by atoms with Gasteiger partial charge in [-0.3, -0.25) is 14.5 Å². The summed E-state index contributed by atoms with van der Waals surface area (Å²) in [7, 11) is -3.33. The van der Waals surface area contributed by atoms with Gasteiger partial charge in [0.25, 0.3) is 11.8 Å². The van der Waals surface area contributed by atoms with E-state index >= 15 is 0 Å². The number of nitriles is 1. The standard InChI is InChI=1S/C25H21ClN2O5S/c1-16-21(24(29)28(25(30)22(16)13-27)19-9-10-34(31,32)15-19)12-17-5-4-7-20(11-17)33-14-18-6-2-3-8-23(18)26/h2-8,11-12,19H,9-10,14-15H2,1H3. The average Bonchev–Trinajstić information content (AvgIpc) is 3.16. The fraction of sp³-hybridized carbons (Fsp3) is 0.240. The zero-order valence-electron chi connectivity index (χ0n) is 18.3. The molecule has 174 valence electrons. The summed E-state index contributed by atoms with van der Waals surface area (Å²) in [4.78, 5) is 27.1. The number of rotatable bonds is 5. The molecule has 2 aliphatic rings. The topological polar surface area (TPSA) is 105 Å². The van der Waals surface area contributed by atoms with Crippen LogP contribution in [-0.2, 0) is 26.0 Å². The molecule has 7 nitrogen and oxygen atoms in total. The first-order chi connectivity index (χ1) is 16.2. The second-order valence-corrected chi connectivity index (χ2v) is 10.8. The molecule has 0 spiro atoms. The molecule has 2 aliphatic heterocycles. The van der Waals surface area contributed by atoms with Crippen molar-refractivity contribution in [1.29, 1.82) is 5.26 Å². The molecule has 0 bridgehead atoms. The Morgan fingerprint density at radius 3 is 2.62 bits per heavy atom. The second-order valence-electron chi connectivity index (χ2n) is 8.16. The summed E-state index contributed by atoms with van der Waals surface area (Å²) in [5.74, 6) is -1.19. The van der Waals surface area contributed by atoms with Crippen molar-refractivity contribution < 1.29 is 22.7 Å². The monoisotopic (exact) mass is 496 g/mol. The van der Waals surface area contributed by atoms with Crippen LogP contribution < -0.4 is 4.74 Å². The maximum atomic E-state index is 13.3. The fourth-order valence-corrected chi connectivity index (χ4v) is 5.94. The number of nitrogens with zero attached hydrogens (tertiary/aromatic N) is 2. The van der Waals surface area contributed by atoms with E-state index < -0.39 is 27.7 Å². The molecule has 2 amide bonds. The van der Waals surface area contributed by atoms with E-state index in [-0.39, 0.29) is 41.3 Å². The highest BCUT2D eigenvalue weighted by Crippen LogP contribution is 2.31. The minimum absolute atomic E-state index is 0.0941. The third-order valence-corrected chi connectivity index (χ3v) is 7.99. The van der Waals surface area contributed by atoms with Gasteiger partial charge in [-0.05, 0) is 48.8 Å². The van der Waals surface area contributed by atoms with Crippen LogP contribution in [0.2, 0.25) is 5.02 Å². The largest absolute Gasteiger partial charge is 0.489 e. The van der Waals surface area contributed by atoms with Crippen LogP contribution in [0, 0.1) is 11.3 Å². The van der Waals surface area contributed by atoms with Gasteiger partial charge < -0.3 is 4.74 Å². The first-order valence-corrected chi connectivity index (χ1v) is 12.8. The first kappa shape index (κ1) is 23.7. The van der Waals surface area contributed by atoms with Gasteiger partial charge in [-0.1, -0.05) is 41.9 Å². The van der Waals surface area contributed by atoms with Gasteiger partial charge in [0.1, 0.15) is 24.0 Å². The fourth-order valence-electron chi connectivity index (χ4n) is 4.05. The highest BCUT2D eigenvalue weighted by Gasteiger charge is 2.43. The van der Waals surface area contributed by atoms with Gasteiger partial charge >= 0.3 is 0 Å². The van der Waals surface area contributed by atoms with E-state index in [2.05, 4.69) is 0 Å². The molecule has 0 radical (unpaired) electrons. The van der Waals surface area contributed by atoms with Gasteiger partial charge in [-0.25, -0.2) is 8.42 Å². The van der Waals surface area contributed by atoms with Crippen molar-refractivity contribution in [3.63, 3.8) is 0 Å². The van der Waals surface area contributed by atoms with Crippen molar-refractivity contribution >= 4 is 39.3 Å². The van der Waals surface area contributed by atoms with E-state index in [0.29, 0.717) is 16.3 Å². The van der Waals surface area contributed by atoms with E-state index in [1.165, 1.54) is 0 Å². The SMILES string of the molecule is CC1=C(C#N)C(=O)N(C2CCS(=O)(=O)C2)C(=O)C1=Cc1cccc(OCc2ccccc2Cl)c1. The van der Waals surface area contributed by atoms with E-state index in [9.17, 15) is 23.3 Å². The van der Waals surface area contributed by atoms with Gasteiger partial charge in [-0.15, -0.1) is 0 Å². The van der Waals surface area contributed by atoms with Gasteiger partial charge in [0.2, 0.25) is 0 Å². The summed E-state index contributed by atoms with van der Waals surface area (Å²) in [5, 5.41) is 10.2. The number of carbonyl (C=O) groups excluding carboxylic acids is 2. The lowest BCUT2D eigenvalue weighted by Gasteiger charge is -2.31. The third-order valence-electron chi connectivity index (χ3n) is 5.87. The van der Waals surface area contributed by atoms with Crippen LogP contribution in [0.1, 0.15) is 24.5 Å². The number of amides is 2. The summed E-state index contributed by atoms with van der Waals surface area (Å²) < 4.78 is 29.7. The molecule has 34 heavy (non-hydrogen) atoms. The molecule has 9 heteroatoms. The van der Waals surface area contributed by atoms with Gasteiger partial charge in [0, 0.05) is 16.2 Å². The van der Waals surface area contributed by atoms with Crippen LogP contribution >= 0.6 is 11.6 Å². The first-order valence-electron chi connectivity index (χ1n) is 10.6. The molecular formula is C25H21ClN2O5S. The van der Waals surface area contributed by atoms with Crippen molar-refractivity contribution in [2.45, 2.75) is 26.0 Å². The number of hydrogen-bond acceptors (Lipinski definition) is 6. The maximum Gasteiger partial charge on any atom is 0.271 e. The number of imide groups is 1. The molecular weight excluding hydrogens is 476 g/mol. The Labute approximate surface area is 202 Å². The predicted molar refractivity (Wildman–Crippen MR) is 127 cm³/mol. The molecule has 0 aromatic heterocycles. The number of ether oxygens (including phenoxy) is 1. The smallest absolute Gasteiger partial charge is 0.271 e. The molecule has 0 aliphatic carbocycles. The summed E-state index contributed by atoms with van der Waals surface area (Å²) in [5.41, 5.74) is 1.72. The minimum Gasteiger partial charge on any atom is -0.489 e. The number of hydrogen-bond donors (Lipinski definition) is 0. The number of carbonyl (C=O) groups is 2. The number of halogens is 1. The highest BCUT2D eigenvalue weighted by atomic mass is 35.5. The zero-order valence-corrected chi connectivity index (χ0v) is 19.9. The summed E-state index contributed by atoms with van der Waals surface area (Å²) in [6.07, 6.45) is 1.75. The maximum absolute atomic E-state index is 13.3. The molecule has 1 fully saturated rings. The summed E-state index contributed by atoms with van der Waals surface area (Å²) in [6.45, 7) is 1.80. The second kappa shape index (κ2) is 9.45. The predicted octanol–water partition coefficient (Wildman–Crippen LogP) is 3.70. The van der Waals surface area contributed by atoms with Crippen molar-refractivity contribution in [3.8, 4) is 11.8 Å². The minimum atomic E-state index is -3.33. The highest BCUT2D eigenvalue weighted by molar-refractivity contribution is 7.91. The molecule has 2 aromatic rings. The van der Waals surface area contributed by atoms with Crippen LogP contribution in [0.25, 0.3) is 6.08 Å². The molecule has 0 N–H and O–H groups in total. The summed E-state index contributed by atoms with van der Waals surface area (Å²) in [6, 6.07) is 15.5. The van der Waals surface area contributed by atoms with E-state index in [1.54, 1.807) is 43.3 Å². The molecule has 1 unspecified atom stereocenters. The lowest BCUT2D eigenvalue weighted by atomic mass is 9.92. The van der Waals surface area contributed by atoms with Crippen LogP contribution in [0.5, 0.6) is 5.75 Å². The lowest BCUT2D eigenvalue weighted by Crippen LogP contribution is -2.49. The van der Waals surface area contributed by atoms with Crippen LogP contribution in [-0.4, -0.2) is 42.7 Å². The zero-order chi connectivity index (χ0) is 24.5. The molecule has 0 saturated carbocycles. The molecule has 4 rings (SSSR count). The quantitative estimate of drug-likeness (QED) is 0.461. The lowest BCUT2D eigenvalue weighted by molar-refractivity contribution is -0.142. The van der Waals surface area contributed by atoms with E-state index in [1.807, 2.05) is 24.3 Å².